The molecule has 118 valence electrons. The highest BCUT2D eigenvalue weighted by molar-refractivity contribution is 8.00. The van der Waals surface area contributed by atoms with Crippen LogP contribution in [0.1, 0.15) is 39.5 Å². The van der Waals surface area contributed by atoms with Crippen LogP contribution < -0.4 is 5.32 Å². The number of carbonyl (C=O) groups excluding carboxylic acids is 1. The van der Waals surface area contributed by atoms with E-state index in [2.05, 4.69) is 19.2 Å². The Labute approximate surface area is 129 Å². The Balaban J connectivity index is 1.83. The van der Waals surface area contributed by atoms with Crippen molar-refractivity contribution in [3.63, 3.8) is 0 Å². The van der Waals surface area contributed by atoms with Gasteiger partial charge in [-0.2, -0.15) is 0 Å². The first-order valence-corrected chi connectivity index (χ1v) is 8.86. The number of thioether (sulfide) groups is 1. The zero-order valence-electron chi connectivity index (χ0n) is 12.7. The zero-order valence-corrected chi connectivity index (χ0v) is 13.5. The minimum atomic E-state index is -0.868. The molecule has 1 saturated carbocycles. The third-order valence-electron chi connectivity index (χ3n) is 4.97. The predicted octanol–water partition coefficient (Wildman–Crippen LogP) is 1.53. The molecule has 0 spiro atoms. The Morgan fingerprint density at radius 3 is 2.62 bits per heavy atom. The number of nitrogens with one attached hydrogen (secondary N) is 1. The Kier molecular flexibility index (Phi) is 3.94. The number of piperidine rings is 1. The molecule has 1 amide bonds. The van der Waals surface area contributed by atoms with Crippen molar-refractivity contribution in [2.75, 3.05) is 12.3 Å². The third-order valence-corrected chi connectivity index (χ3v) is 6.44. The quantitative estimate of drug-likeness (QED) is 0.827. The molecule has 3 aliphatic rings. The van der Waals surface area contributed by atoms with Crippen molar-refractivity contribution in [2.45, 2.75) is 57.0 Å². The van der Waals surface area contributed by atoms with Gasteiger partial charge in [-0.05, 0) is 43.6 Å². The molecule has 2 N–H and O–H groups in total. The maximum atomic E-state index is 13.1. The summed E-state index contributed by atoms with van der Waals surface area (Å²) in [7, 11) is 0. The second-order valence-corrected chi connectivity index (χ2v) is 8.29. The molecule has 3 unspecified atom stereocenters. The molecule has 5 nitrogen and oxygen atoms in total. The van der Waals surface area contributed by atoms with Gasteiger partial charge in [-0.25, -0.2) is 4.79 Å². The molecule has 0 aromatic heterocycles. The lowest BCUT2D eigenvalue weighted by atomic mass is 9.77. The summed E-state index contributed by atoms with van der Waals surface area (Å²) in [5, 5.41) is 12.9. The van der Waals surface area contributed by atoms with Gasteiger partial charge < -0.3 is 15.3 Å². The molecule has 0 radical (unpaired) electrons. The van der Waals surface area contributed by atoms with Crippen LogP contribution in [0.4, 0.5) is 0 Å². The van der Waals surface area contributed by atoms with Gasteiger partial charge in [0.15, 0.2) is 0 Å². The lowest BCUT2D eigenvalue weighted by Crippen LogP contribution is -2.60. The van der Waals surface area contributed by atoms with Gasteiger partial charge in [0.05, 0.1) is 11.4 Å². The maximum absolute atomic E-state index is 13.1. The molecule has 3 fully saturated rings. The fraction of sp³-hybridized carbons (Fsp3) is 0.867. The normalized spacial score (nSPS) is 35.7. The van der Waals surface area contributed by atoms with Gasteiger partial charge in [0.25, 0.3) is 0 Å². The molecular formula is C15H24N2O3S. The van der Waals surface area contributed by atoms with Crippen molar-refractivity contribution in [2.24, 2.45) is 11.3 Å². The largest absolute Gasteiger partial charge is 0.480 e. The van der Waals surface area contributed by atoms with Crippen LogP contribution in [0, 0.1) is 11.3 Å². The van der Waals surface area contributed by atoms with Gasteiger partial charge in [0.2, 0.25) is 5.91 Å². The second-order valence-electron chi connectivity index (χ2n) is 7.14. The lowest BCUT2D eigenvalue weighted by Gasteiger charge is -2.42. The van der Waals surface area contributed by atoms with Crippen LogP contribution in [-0.2, 0) is 9.59 Å². The molecule has 0 bridgehead atoms. The van der Waals surface area contributed by atoms with E-state index in [1.54, 1.807) is 16.7 Å². The van der Waals surface area contributed by atoms with E-state index in [1.807, 2.05) is 0 Å². The van der Waals surface area contributed by atoms with Crippen LogP contribution in [0.3, 0.4) is 0 Å². The molecule has 2 saturated heterocycles. The van der Waals surface area contributed by atoms with Crippen molar-refractivity contribution >= 4 is 23.6 Å². The molecule has 3 atom stereocenters. The summed E-state index contributed by atoms with van der Waals surface area (Å²) in [5.41, 5.74) is -0.111. The monoisotopic (exact) mass is 312 g/mol. The van der Waals surface area contributed by atoms with E-state index in [0.29, 0.717) is 11.7 Å². The zero-order chi connectivity index (χ0) is 15.2. The number of nitrogens with zero attached hydrogens (tertiary/aromatic N) is 1. The van der Waals surface area contributed by atoms with E-state index in [1.165, 1.54) is 0 Å². The first-order valence-electron chi connectivity index (χ1n) is 7.82. The summed E-state index contributed by atoms with van der Waals surface area (Å²) in [6.45, 7) is 5.05. The average molecular weight is 312 g/mol. The number of amides is 1. The van der Waals surface area contributed by atoms with Gasteiger partial charge in [0, 0.05) is 5.75 Å². The minimum absolute atomic E-state index is 0.00556. The molecule has 6 heteroatoms. The predicted molar refractivity (Wildman–Crippen MR) is 82.0 cm³/mol. The van der Waals surface area contributed by atoms with Crippen molar-refractivity contribution in [1.82, 2.24) is 10.2 Å². The molecule has 2 aliphatic heterocycles. The van der Waals surface area contributed by atoms with E-state index in [-0.39, 0.29) is 22.7 Å². The number of hydrogen-bond donors (Lipinski definition) is 2. The maximum Gasteiger partial charge on any atom is 0.327 e. The van der Waals surface area contributed by atoms with Crippen LogP contribution in [0.15, 0.2) is 0 Å². The number of carboxylic acids is 1. The molecule has 3 rings (SSSR count). The summed E-state index contributed by atoms with van der Waals surface area (Å²) in [6.07, 6.45) is 4.31. The van der Waals surface area contributed by atoms with E-state index < -0.39 is 12.0 Å². The van der Waals surface area contributed by atoms with Gasteiger partial charge in [0.1, 0.15) is 6.04 Å². The first kappa shape index (κ1) is 15.2. The highest BCUT2D eigenvalue weighted by Gasteiger charge is 2.51. The summed E-state index contributed by atoms with van der Waals surface area (Å²) >= 11 is 1.65. The number of carboxylic acid groups (broad SMARTS) is 1. The highest BCUT2D eigenvalue weighted by atomic mass is 32.2. The van der Waals surface area contributed by atoms with Gasteiger partial charge in [-0.15, -0.1) is 11.8 Å². The Morgan fingerprint density at radius 2 is 2.05 bits per heavy atom. The van der Waals surface area contributed by atoms with Crippen molar-refractivity contribution in [1.29, 1.82) is 0 Å². The second kappa shape index (κ2) is 5.47. The summed E-state index contributed by atoms with van der Waals surface area (Å²) in [5.74, 6) is 0.145. The SMILES string of the molecule is CC1(C)CCCNC1C(=O)N1C(C(=O)O)CSC1C1CC1. The average Bonchev–Trinajstić information content (AvgIpc) is 3.15. The van der Waals surface area contributed by atoms with Crippen LogP contribution in [0.25, 0.3) is 0 Å². The van der Waals surface area contributed by atoms with Crippen LogP contribution in [-0.4, -0.2) is 51.6 Å². The fourth-order valence-corrected chi connectivity index (χ4v) is 5.16. The highest BCUT2D eigenvalue weighted by Crippen LogP contribution is 2.46. The number of aliphatic carboxylic acids is 1. The van der Waals surface area contributed by atoms with E-state index in [9.17, 15) is 14.7 Å². The standard InChI is InChI=1S/C15H24N2O3S/c1-15(2)6-3-7-16-11(15)12(18)17-10(14(19)20)8-21-13(17)9-4-5-9/h9-11,13,16H,3-8H2,1-2H3,(H,19,20). The Morgan fingerprint density at radius 1 is 1.33 bits per heavy atom. The topological polar surface area (TPSA) is 69.6 Å². The summed E-state index contributed by atoms with van der Waals surface area (Å²) < 4.78 is 0. The Hall–Kier alpha value is -0.750. The van der Waals surface area contributed by atoms with E-state index >= 15 is 0 Å². The van der Waals surface area contributed by atoms with Crippen molar-refractivity contribution in [3.8, 4) is 0 Å². The molecule has 1 aliphatic carbocycles. The summed E-state index contributed by atoms with van der Waals surface area (Å²) in [6, 6.07) is -0.916. The molecule has 2 heterocycles. The number of rotatable bonds is 3. The molecule has 0 aromatic carbocycles. The first-order chi connectivity index (χ1) is 9.92. The molecular weight excluding hydrogens is 288 g/mol. The van der Waals surface area contributed by atoms with Crippen molar-refractivity contribution < 1.29 is 14.7 Å². The minimum Gasteiger partial charge on any atom is -0.480 e. The van der Waals surface area contributed by atoms with E-state index in [0.717, 1.165) is 32.2 Å². The fourth-order valence-electron chi connectivity index (χ4n) is 3.52. The lowest BCUT2D eigenvalue weighted by molar-refractivity contribution is -0.152. The molecule has 0 aromatic rings. The smallest absolute Gasteiger partial charge is 0.327 e. The van der Waals surface area contributed by atoms with Crippen molar-refractivity contribution in [3.05, 3.63) is 0 Å². The van der Waals surface area contributed by atoms with Crippen LogP contribution in [0.5, 0.6) is 0 Å². The van der Waals surface area contributed by atoms with Crippen LogP contribution in [0.2, 0.25) is 0 Å². The van der Waals surface area contributed by atoms with Crippen LogP contribution >= 0.6 is 11.8 Å². The van der Waals surface area contributed by atoms with Gasteiger partial charge in [-0.3, -0.25) is 4.79 Å². The molecule has 21 heavy (non-hydrogen) atoms. The van der Waals surface area contributed by atoms with Gasteiger partial charge >= 0.3 is 5.97 Å². The summed E-state index contributed by atoms with van der Waals surface area (Å²) in [4.78, 5) is 26.3. The number of hydrogen-bond acceptors (Lipinski definition) is 4. The number of carbonyl (C=O) groups is 2. The Bertz CT molecular complexity index is 450. The third kappa shape index (κ3) is 2.80. The van der Waals surface area contributed by atoms with E-state index in [4.69, 9.17) is 0 Å². The van der Waals surface area contributed by atoms with Gasteiger partial charge in [-0.1, -0.05) is 13.8 Å².